The lowest BCUT2D eigenvalue weighted by Gasteiger charge is -2.40. The Labute approximate surface area is 190 Å². The number of hydrogen-bond acceptors (Lipinski definition) is 6. The van der Waals surface area contributed by atoms with Crippen molar-refractivity contribution >= 4 is 23.6 Å². The van der Waals surface area contributed by atoms with Crippen molar-refractivity contribution in [3.05, 3.63) is 40.4 Å². The number of pyridine rings is 2. The Morgan fingerprint density at radius 3 is 2.72 bits per heavy atom. The molecular weight excluding hydrogens is 439 g/mol. The van der Waals surface area contributed by atoms with Gasteiger partial charge in [0, 0.05) is 25.3 Å². The maximum atomic E-state index is 15.1. The van der Waals surface area contributed by atoms with Crippen molar-refractivity contribution in [2.75, 3.05) is 26.2 Å². The summed E-state index contributed by atoms with van der Waals surface area (Å²) in [4.78, 5) is 37.0. The van der Waals surface area contributed by atoms with E-state index < -0.39 is 29.6 Å². The summed E-state index contributed by atoms with van der Waals surface area (Å²) in [7, 11) is 0. The molecule has 0 bridgehead atoms. The van der Waals surface area contributed by atoms with Crippen LogP contribution in [0.1, 0.15) is 36.8 Å². The highest BCUT2D eigenvalue weighted by Gasteiger charge is 2.40. The van der Waals surface area contributed by atoms with Crippen molar-refractivity contribution in [1.29, 1.82) is 0 Å². The van der Waals surface area contributed by atoms with Crippen LogP contribution in [0.5, 0.6) is 5.75 Å². The molecule has 1 atom stereocenters. The molecule has 2 aromatic rings. The minimum absolute atomic E-state index is 0.0247. The quantitative estimate of drug-likeness (QED) is 0.601. The molecule has 0 aromatic carbocycles. The Hall–Kier alpha value is -2.94. The number of hydrogen-bond donors (Lipinski definition) is 0. The minimum Gasteiger partial charge on any atom is -0.489 e. The molecule has 8 nitrogen and oxygen atoms in total. The number of aromatic nitrogens is 2. The molecule has 4 rings (SSSR count). The molecule has 32 heavy (non-hydrogen) atoms. The third-order valence-electron chi connectivity index (χ3n) is 5.21. The Bertz CT molecular complexity index is 1090. The molecule has 0 saturated carbocycles. The second-order valence-electron chi connectivity index (χ2n) is 8.82. The summed E-state index contributed by atoms with van der Waals surface area (Å²) in [5, 5.41) is 0.0247. The van der Waals surface area contributed by atoms with E-state index in [9.17, 15) is 9.59 Å². The van der Waals surface area contributed by atoms with Crippen molar-refractivity contribution in [2.24, 2.45) is 0 Å². The summed E-state index contributed by atoms with van der Waals surface area (Å²) < 4.78 is 26.3. The lowest BCUT2D eigenvalue weighted by molar-refractivity contribution is 0.000892. The van der Waals surface area contributed by atoms with Crippen LogP contribution in [0.2, 0.25) is 5.02 Å². The van der Waals surface area contributed by atoms with Crippen LogP contribution in [-0.4, -0.2) is 69.7 Å². The summed E-state index contributed by atoms with van der Waals surface area (Å²) in [5.41, 5.74) is 0.259. The van der Waals surface area contributed by atoms with E-state index in [1.54, 1.807) is 45.9 Å². The molecule has 170 valence electrons. The second kappa shape index (κ2) is 8.20. The Balaban J connectivity index is 1.64. The molecular formula is C22H24ClFN4O4. The predicted octanol–water partition coefficient (Wildman–Crippen LogP) is 3.70. The van der Waals surface area contributed by atoms with Crippen molar-refractivity contribution in [1.82, 2.24) is 19.8 Å². The maximum absolute atomic E-state index is 15.1. The van der Waals surface area contributed by atoms with Crippen LogP contribution in [0.4, 0.5) is 9.18 Å². The van der Waals surface area contributed by atoms with Gasteiger partial charge >= 0.3 is 6.09 Å². The Kier molecular flexibility index (Phi) is 5.70. The molecule has 1 fully saturated rings. The van der Waals surface area contributed by atoms with Gasteiger partial charge in [-0.2, -0.15) is 4.39 Å². The summed E-state index contributed by atoms with van der Waals surface area (Å²) in [6.07, 6.45) is -0.468. The first-order chi connectivity index (χ1) is 15.0. The van der Waals surface area contributed by atoms with E-state index in [0.29, 0.717) is 11.4 Å². The average Bonchev–Trinajstić information content (AvgIpc) is 2.86. The van der Waals surface area contributed by atoms with Crippen molar-refractivity contribution < 1.29 is 23.5 Å². The van der Waals surface area contributed by atoms with E-state index >= 15 is 4.39 Å². The van der Waals surface area contributed by atoms with Gasteiger partial charge in [-0.1, -0.05) is 17.7 Å². The monoisotopic (exact) mass is 462 g/mol. The van der Waals surface area contributed by atoms with Gasteiger partial charge in [-0.05, 0) is 39.8 Å². The van der Waals surface area contributed by atoms with Gasteiger partial charge in [-0.25, -0.2) is 9.78 Å². The minimum atomic E-state index is -0.970. The molecule has 4 heterocycles. The van der Waals surface area contributed by atoms with Gasteiger partial charge in [-0.15, -0.1) is 0 Å². The number of carbonyl (C=O) groups excluding carboxylic acids is 2. The van der Waals surface area contributed by atoms with Gasteiger partial charge in [-0.3, -0.25) is 9.78 Å². The third-order valence-corrected chi connectivity index (χ3v) is 5.56. The van der Waals surface area contributed by atoms with E-state index in [4.69, 9.17) is 21.1 Å². The van der Waals surface area contributed by atoms with Gasteiger partial charge in [0.05, 0.1) is 11.7 Å². The summed E-state index contributed by atoms with van der Waals surface area (Å²) in [5.74, 6) is -1.59. The van der Waals surface area contributed by atoms with Crippen LogP contribution in [0, 0.1) is 12.9 Å². The Morgan fingerprint density at radius 2 is 2.03 bits per heavy atom. The lowest BCUT2D eigenvalue weighted by Crippen LogP contribution is -2.58. The first-order valence-corrected chi connectivity index (χ1v) is 10.7. The lowest BCUT2D eigenvalue weighted by atomic mass is 10.1. The van der Waals surface area contributed by atoms with Gasteiger partial charge < -0.3 is 19.3 Å². The van der Waals surface area contributed by atoms with Gasteiger partial charge in [0.15, 0.2) is 5.75 Å². The number of amides is 2. The molecule has 2 amide bonds. The van der Waals surface area contributed by atoms with E-state index in [1.807, 2.05) is 0 Å². The second-order valence-corrected chi connectivity index (χ2v) is 9.20. The van der Waals surface area contributed by atoms with Gasteiger partial charge in [0.25, 0.3) is 5.91 Å². The standard InChI is InChI=1S/C22H24ClFN4O4/c1-12-6-5-7-14(25-12)17-16(23)18-15(19(24)26-17)20(29)28-9-8-27(10-13(28)11-31-18)21(30)32-22(2,3)4/h5-7,13H,8-11H2,1-4H3/t13-/m1/s1. The van der Waals surface area contributed by atoms with E-state index in [1.165, 1.54) is 9.80 Å². The van der Waals surface area contributed by atoms with Crippen LogP contribution in [-0.2, 0) is 4.74 Å². The zero-order valence-electron chi connectivity index (χ0n) is 18.3. The molecule has 0 spiro atoms. The SMILES string of the molecule is Cc1cccc(-c2nc(F)c3c(c2Cl)OC[C@H]2CN(C(=O)OC(C)(C)C)CCN2C3=O)n1. The van der Waals surface area contributed by atoms with Crippen LogP contribution in [0.15, 0.2) is 18.2 Å². The topological polar surface area (TPSA) is 84.9 Å². The third kappa shape index (κ3) is 4.21. The van der Waals surface area contributed by atoms with Crippen LogP contribution >= 0.6 is 11.6 Å². The van der Waals surface area contributed by atoms with E-state index in [-0.39, 0.29) is 48.3 Å². The van der Waals surface area contributed by atoms with Crippen LogP contribution in [0.25, 0.3) is 11.4 Å². The molecule has 0 radical (unpaired) electrons. The first-order valence-electron chi connectivity index (χ1n) is 10.3. The highest BCUT2D eigenvalue weighted by Crippen LogP contribution is 2.39. The zero-order valence-corrected chi connectivity index (χ0v) is 19.1. The van der Waals surface area contributed by atoms with E-state index in [2.05, 4.69) is 9.97 Å². The highest BCUT2D eigenvalue weighted by atomic mass is 35.5. The number of halogens is 2. The molecule has 2 aliphatic heterocycles. The van der Waals surface area contributed by atoms with Crippen LogP contribution < -0.4 is 4.74 Å². The zero-order chi connectivity index (χ0) is 23.2. The molecule has 2 aliphatic rings. The van der Waals surface area contributed by atoms with Crippen molar-refractivity contribution in [2.45, 2.75) is 39.3 Å². The largest absolute Gasteiger partial charge is 0.489 e. The van der Waals surface area contributed by atoms with Crippen molar-refractivity contribution in [3.8, 4) is 17.1 Å². The molecule has 0 N–H and O–H groups in total. The number of rotatable bonds is 1. The Morgan fingerprint density at radius 1 is 1.28 bits per heavy atom. The van der Waals surface area contributed by atoms with Gasteiger partial charge in [0.2, 0.25) is 5.95 Å². The summed E-state index contributed by atoms with van der Waals surface area (Å²) in [6.45, 7) is 7.88. The highest BCUT2D eigenvalue weighted by molar-refractivity contribution is 6.35. The summed E-state index contributed by atoms with van der Waals surface area (Å²) in [6, 6.07) is 4.74. The average molecular weight is 463 g/mol. The number of piperazine rings is 1. The normalized spacial score (nSPS) is 18.4. The maximum Gasteiger partial charge on any atom is 0.410 e. The molecule has 1 saturated heterocycles. The predicted molar refractivity (Wildman–Crippen MR) is 115 cm³/mol. The molecule has 2 aromatic heterocycles. The number of fused-ring (bicyclic) bond motifs is 2. The molecule has 0 aliphatic carbocycles. The molecule has 10 heteroatoms. The van der Waals surface area contributed by atoms with E-state index in [0.717, 1.165) is 0 Å². The summed E-state index contributed by atoms with van der Waals surface area (Å²) >= 11 is 6.52. The number of carbonyl (C=O) groups is 2. The fraction of sp³-hybridized carbons (Fsp3) is 0.455. The number of ether oxygens (including phenoxy) is 2. The van der Waals surface area contributed by atoms with Crippen LogP contribution in [0.3, 0.4) is 0 Å². The number of nitrogens with zero attached hydrogens (tertiary/aromatic N) is 4. The fourth-order valence-corrected chi connectivity index (χ4v) is 4.05. The first kappa shape index (κ1) is 22.3. The van der Waals surface area contributed by atoms with Gasteiger partial charge in [0.1, 0.15) is 28.5 Å². The van der Waals surface area contributed by atoms with Crippen molar-refractivity contribution in [3.63, 3.8) is 0 Å². The smallest absolute Gasteiger partial charge is 0.410 e. The fourth-order valence-electron chi connectivity index (χ4n) is 3.76. The molecule has 0 unspecified atom stereocenters. The number of aryl methyl sites for hydroxylation is 1.